The number of ether oxygens (including phenoxy) is 1. The smallest absolute Gasteiger partial charge is 0.315 e. The van der Waals surface area contributed by atoms with Crippen molar-refractivity contribution < 1.29 is 9.53 Å². The molecule has 2 heteroatoms. The predicted molar refractivity (Wildman–Crippen MR) is 74.6 cm³/mol. The Morgan fingerprint density at radius 2 is 1.94 bits per heavy atom. The summed E-state index contributed by atoms with van der Waals surface area (Å²) < 4.78 is 5.14. The van der Waals surface area contributed by atoms with Crippen LogP contribution in [0.5, 0.6) is 0 Å². The Bertz CT molecular complexity index is 428. The fraction of sp³-hybridized carbons (Fsp3) is 0.438. The number of rotatable bonds is 5. The van der Waals surface area contributed by atoms with Crippen LogP contribution in [0.15, 0.2) is 30.9 Å². The van der Waals surface area contributed by atoms with Crippen LogP contribution >= 0.6 is 0 Å². The quantitative estimate of drug-likeness (QED) is 0.586. The summed E-state index contributed by atoms with van der Waals surface area (Å²) in [5, 5.41) is 0. The van der Waals surface area contributed by atoms with Gasteiger partial charge in [-0.1, -0.05) is 24.3 Å². The molecule has 0 radical (unpaired) electrons. The van der Waals surface area contributed by atoms with E-state index in [4.69, 9.17) is 4.74 Å². The number of aryl methyl sites for hydroxylation is 2. The summed E-state index contributed by atoms with van der Waals surface area (Å²) in [5.74, 6) is -0.206. The van der Waals surface area contributed by atoms with Crippen LogP contribution in [0.1, 0.15) is 30.5 Å². The zero-order chi connectivity index (χ0) is 13.8. The number of esters is 1. The highest BCUT2D eigenvalue weighted by atomic mass is 16.5. The van der Waals surface area contributed by atoms with Crippen LogP contribution in [-0.2, 0) is 16.0 Å². The minimum atomic E-state index is -0.660. The van der Waals surface area contributed by atoms with Crippen LogP contribution < -0.4 is 0 Å². The first-order valence-corrected chi connectivity index (χ1v) is 6.30. The molecule has 2 nitrogen and oxygen atoms in total. The molecular formula is C16H22O2. The highest BCUT2D eigenvalue weighted by Crippen LogP contribution is 2.29. The number of hydrogen-bond acceptors (Lipinski definition) is 2. The van der Waals surface area contributed by atoms with E-state index in [0.29, 0.717) is 13.0 Å². The molecule has 0 fully saturated rings. The summed E-state index contributed by atoms with van der Waals surface area (Å²) in [6, 6.07) is 6.16. The van der Waals surface area contributed by atoms with Gasteiger partial charge in [-0.3, -0.25) is 4.79 Å². The number of hydrogen-bond donors (Lipinski definition) is 0. The molecule has 0 amide bonds. The first-order chi connectivity index (χ1) is 8.44. The molecule has 0 saturated heterocycles. The lowest BCUT2D eigenvalue weighted by molar-refractivity contribution is -0.151. The molecule has 1 unspecified atom stereocenters. The van der Waals surface area contributed by atoms with Gasteiger partial charge >= 0.3 is 5.97 Å². The first-order valence-electron chi connectivity index (χ1n) is 6.30. The molecule has 98 valence electrons. The van der Waals surface area contributed by atoms with Crippen LogP contribution in [-0.4, -0.2) is 12.6 Å². The van der Waals surface area contributed by atoms with Gasteiger partial charge in [-0.05, 0) is 50.8 Å². The lowest BCUT2D eigenvalue weighted by Gasteiger charge is -2.25. The fourth-order valence-electron chi connectivity index (χ4n) is 2.02. The van der Waals surface area contributed by atoms with Crippen molar-refractivity contribution in [2.75, 3.05) is 6.61 Å². The van der Waals surface area contributed by atoms with Gasteiger partial charge in [0, 0.05) is 0 Å². The molecule has 0 aliphatic rings. The Morgan fingerprint density at radius 3 is 2.39 bits per heavy atom. The second-order valence-corrected chi connectivity index (χ2v) is 4.89. The standard InChI is InChI=1S/C16H22O2/c1-6-16(5,15(17)18-7-2)11-14-12(3)9-8-10-13(14)4/h6,8-10H,1,7,11H2,2-5H3. The van der Waals surface area contributed by atoms with Crippen molar-refractivity contribution >= 4 is 5.97 Å². The fourth-order valence-corrected chi connectivity index (χ4v) is 2.02. The Labute approximate surface area is 110 Å². The molecule has 0 aliphatic heterocycles. The average molecular weight is 246 g/mol. The van der Waals surface area contributed by atoms with Gasteiger partial charge in [-0.2, -0.15) is 0 Å². The first kappa shape index (κ1) is 14.5. The largest absolute Gasteiger partial charge is 0.465 e. The lowest BCUT2D eigenvalue weighted by atomic mass is 9.81. The summed E-state index contributed by atoms with van der Waals surface area (Å²) in [5.41, 5.74) is 2.94. The topological polar surface area (TPSA) is 26.3 Å². The Morgan fingerprint density at radius 1 is 1.39 bits per heavy atom. The Balaban J connectivity index is 3.06. The van der Waals surface area contributed by atoms with E-state index in [1.807, 2.05) is 19.9 Å². The van der Waals surface area contributed by atoms with Gasteiger partial charge in [-0.25, -0.2) is 0 Å². The van der Waals surface area contributed by atoms with Crippen LogP contribution in [0.2, 0.25) is 0 Å². The molecule has 0 spiro atoms. The summed E-state index contributed by atoms with van der Waals surface area (Å²) in [6.45, 7) is 12.0. The van der Waals surface area contributed by atoms with Gasteiger partial charge in [0.1, 0.15) is 0 Å². The summed E-state index contributed by atoms with van der Waals surface area (Å²) >= 11 is 0. The van der Waals surface area contributed by atoms with Gasteiger partial charge in [-0.15, -0.1) is 6.58 Å². The Hall–Kier alpha value is -1.57. The second-order valence-electron chi connectivity index (χ2n) is 4.89. The third-order valence-electron chi connectivity index (χ3n) is 3.38. The van der Waals surface area contributed by atoms with Crippen molar-refractivity contribution in [2.24, 2.45) is 5.41 Å². The van der Waals surface area contributed by atoms with Crippen LogP contribution in [0.4, 0.5) is 0 Å². The zero-order valence-corrected chi connectivity index (χ0v) is 11.7. The maximum atomic E-state index is 12.0. The minimum absolute atomic E-state index is 0.206. The molecule has 0 N–H and O–H groups in total. The van der Waals surface area contributed by atoms with E-state index in [2.05, 4.69) is 32.6 Å². The summed E-state index contributed by atoms with van der Waals surface area (Å²) in [7, 11) is 0. The normalized spacial score (nSPS) is 13.8. The third kappa shape index (κ3) is 3.00. The van der Waals surface area contributed by atoms with Gasteiger partial charge in [0.15, 0.2) is 0 Å². The van der Waals surface area contributed by atoms with E-state index < -0.39 is 5.41 Å². The van der Waals surface area contributed by atoms with Crippen LogP contribution in [0.3, 0.4) is 0 Å². The van der Waals surface area contributed by atoms with Crippen LogP contribution in [0.25, 0.3) is 0 Å². The molecule has 18 heavy (non-hydrogen) atoms. The number of carbonyl (C=O) groups is 1. The maximum Gasteiger partial charge on any atom is 0.315 e. The summed E-state index contributed by atoms with van der Waals surface area (Å²) in [4.78, 5) is 12.0. The molecular weight excluding hydrogens is 224 g/mol. The van der Waals surface area contributed by atoms with E-state index in [9.17, 15) is 4.79 Å². The van der Waals surface area contributed by atoms with Gasteiger partial charge < -0.3 is 4.74 Å². The van der Waals surface area contributed by atoms with E-state index in [1.54, 1.807) is 6.08 Å². The average Bonchev–Trinajstić information content (AvgIpc) is 2.34. The van der Waals surface area contributed by atoms with Crippen molar-refractivity contribution in [3.05, 3.63) is 47.5 Å². The van der Waals surface area contributed by atoms with Crippen molar-refractivity contribution in [2.45, 2.75) is 34.1 Å². The highest BCUT2D eigenvalue weighted by molar-refractivity contribution is 5.79. The SMILES string of the molecule is C=CC(C)(Cc1c(C)cccc1C)C(=O)OCC. The highest BCUT2D eigenvalue weighted by Gasteiger charge is 2.32. The van der Waals surface area contributed by atoms with E-state index in [-0.39, 0.29) is 5.97 Å². The molecule has 0 aliphatic carbocycles. The van der Waals surface area contributed by atoms with Crippen molar-refractivity contribution in [3.63, 3.8) is 0 Å². The molecule has 0 saturated carbocycles. The third-order valence-corrected chi connectivity index (χ3v) is 3.38. The number of carbonyl (C=O) groups excluding carboxylic acids is 1. The number of benzene rings is 1. The van der Waals surface area contributed by atoms with Crippen molar-refractivity contribution in [3.8, 4) is 0 Å². The molecule has 1 aromatic carbocycles. The van der Waals surface area contributed by atoms with Gasteiger partial charge in [0.05, 0.1) is 12.0 Å². The summed E-state index contributed by atoms with van der Waals surface area (Å²) in [6.07, 6.45) is 2.32. The maximum absolute atomic E-state index is 12.0. The zero-order valence-electron chi connectivity index (χ0n) is 11.7. The van der Waals surface area contributed by atoms with Crippen LogP contribution in [0, 0.1) is 19.3 Å². The minimum Gasteiger partial charge on any atom is -0.465 e. The second kappa shape index (κ2) is 5.85. The molecule has 0 heterocycles. The van der Waals surface area contributed by atoms with E-state index in [0.717, 1.165) is 0 Å². The molecule has 0 bridgehead atoms. The lowest BCUT2D eigenvalue weighted by Crippen LogP contribution is -2.30. The molecule has 1 atom stereocenters. The van der Waals surface area contributed by atoms with E-state index in [1.165, 1.54) is 16.7 Å². The Kier molecular flexibility index (Phi) is 4.71. The molecule has 1 rings (SSSR count). The van der Waals surface area contributed by atoms with E-state index >= 15 is 0 Å². The monoisotopic (exact) mass is 246 g/mol. The van der Waals surface area contributed by atoms with Gasteiger partial charge in [0.2, 0.25) is 0 Å². The molecule has 1 aromatic rings. The van der Waals surface area contributed by atoms with Crippen molar-refractivity contribution in [1.29, 1.82) is 0 Å². The van der Waals surface area contributed by atoms with Gasteiger partial charge in [0.25, 0.3) is 0 Å². The molecule has 0 aromatic heterocycles. The van der Waals surface area contributed by atoms with Crippen molar-refractivity contribution in [1.82, 2.24) is 0 Å². The predicted octanol–water partition coefficient (Wildman–Crippen LogP) is 3.60.